The lowest BCUT2D eigenvalue weighted by Gasteiger charge is -2.13. The van der Waals surface area contributed by atoms with Crippen molar-refractivity contribution < 1.29 is 14.4 Å². The van der Waals surface area contributed by atoms with Gasteiger partial charge in [0, 0.05) is 11.1 Å². The molecule has 0 bridgehead atoms. The summed E-state index contributed by atoms with van der Waals surface area (Å²) in [6.45, 7) is 1.83. The second kappa shape index (κ2) is 5.52. The van der Waals surface area contributed by atoms with E-state index < -0.39 is 5.91 Å². The largest absolute Gasteiger partial charge is 0.366 e. The number of carbonyl (C=O) groups is 3. The molecule has 1 fully saturated rings. The molecule has 0 spiro atoms. The van der Waals surface area contributed by atoms with Gasteiger partial charge in [0.15, 0.2) is 0 Å². The number of anilines is 1. The molecule has 0 aromatic heterocycles. The molecule has 1 heterocycles. The molecule has 0 atom stereocenters. The maximum Gasteiger partial charge on any atom is 0.261 e. The summed E-state index contributed by atoms with van der Waals surface area (Å²) < 4.78 is 0. The first-order valence-corrected chi connectivity index (χ1v) is 6.13. The number of hydrogen-bond donors (Lipinski definition) is 1. The number of nitrogens with zero attached hydrogens (tertiary/aromatic N) is 1. The van der Waals surface area contributed by atoms with E-state index in [1.807, 2.05) is 6.92 Å². The van der Waals surface area contributed by atoms with Crippen molar-refractivity contribution in [2.24, 2.45) is 5.73 Å². The van der Waals surface area contributed by atoms with E-state index >= 15 is 0 Å². The Labute approximate surface area is 116 Å². The zero-order valence-electron chi connectivity index (χ0n) is 11.0. The number of allylic oxidation sites excluding steroid dienone is 3. The van der Waals surface area contributed by atoms with Crippen molar-refractivity contribution in [1.29, 1.82) is 0 Å². The van der Waals surface area contributed by atoms with Gasteiger partial charge in [-0.05, 0) is 31.2 Å². The van der Waals surface area contributed by atoms with Gasteiger partial charge in [-0.25, -0.2) is 4.90 Å². The number of imide groups is 1. The normalized spacial score (nSPS) is 17.4. The lowest BCUT2D eigenvalue weighted by molar-refractivity contribution is -0.120. The van der Waals surface area contributed by atoms with Gasteiger partial charge in [-0.15, -0.1) is 0 Å². The Hall–Kier alpha value is -2.69. The van der Waals surface area contributed by atoms with Crippen molar-refractivity contribution in [1.82, 2.24) is 0 Å². The molecule has 0 aliphatic carbocycles. The van der Waals surface area contributed by atoms with E-state index in [1.165, 1.54) is 24.3 Å². The Morgan fingerprint density at radius 3 is 2.45 bits per heavy atom. The lowest BCUT2D eigenvalue weighted by atomic mass is 10.2. The van der Waals surface area contributed by atoms with Crippen molar-refractivity contribution in [3.63, 3.8) is 0 Å². The number of hydrogen-bond acceptors (Lipinski definition) is 3. The van der Waals surface area contributed by atoms with Crippen LogP contribution in [0.5, 0.6) is 0 Å². The molecule has 5 heteroatoms. The minimum Gasteiger partial charge on any atom is -0.366 e. The Bertz CT molecular complexity index is 627. The number of amides is 3. The van der Waals surface area contributed by atoms with E-state index in [9.17, 15) is 14.4 Å². The topological polar surface area (TPSA) is 80.5 Å². The quantitative estimate of drug-likeness (QED) is 0.668. The molecule has 1 aromatic carbocycles. The summed E-state index contributed by atoms with van der Waals surface area (Å²) in [6.07, 6.45) is 5.23. The lowest BCUT2D eigenvalue weighted by Crippen LogP contribution is -2.29. The maximum atomic E-state index is 12.2. The van der Waals surface area contributed by atoms with E-state index in [1.54, 1.807) is 18.2 Å². The number of rotatable bonds is 3. The van der Waals surface area contributed by atoms with Gasteiger partial charge < -0.3 is 5.73 Å². The minimum atomic E-state index is -0.552. The summed E-state index contributed by atoms with van der Waals surface area (Å²) in [6, 6.07) is 6.06. The molecular weight excluding hydrogens is 256 g/mol. The molecule has 1 saturated heterocycles. The van der Waals surface area contributed by atoms with E-state index in [4.69, 9.17) is 5.73 Å². The highest BCUT2D eigenvalue weighted by atomic mass is 16.2. The second-order valence-corrected chi connectivity index (χ2v) is 4.34. The van der Waals surface area contributed by atoms with Gasteiger partial charge in [-0.3, -0.25) is 14.4 Å². The maximum absolute atomic E-state index is 12.2. The van der Waals surface area contributed by atoms with Crippen molar-refractivity contribution in [2.45, 2.75) is 13.3 Å². The Kier molecular flexibility index (Phi) is 3.79. The van der Waals surface area contributed by atoms with Crippen LogP contribution in [0.25, 0.3) is 0 Å². The van der Waals surface area contributed by atoms with Gasteiger partial charge >= 0.3 is 0 Å². The van der Waals surface area contributed by atoms with Crippen LogP contribution in [0.4, 0.5) is 5.69 Å². The molecule has 3 amide bonds. The van der Waals surface area contributed by atoms with Crippen LogP contribution in [-0.4, -0.2) is 17.7 Å². The molecule has 2 rings (SSSR count). The molecule has 1 aliphatic rings. The van der Waals surface area contributed by atoms with Gasteiger partial charge in [0.05, 0.1) is 12.1 Å². The molecule has 1 aromatic rings. The van der Waals surface area contributed by atoms with Gasteiger partial charge in [0.1, 0.15) is 0 Å². The molecule has 20 heavy (non-hydrogen) atoms. The monoisotopic (exact) mass is 270 g/mol. The first-order chi connectivity index (χ1) is 9.54. The first-order valence-electron chi connectivity index (χ1n) is 6.13. The van der Waals surface area contributed by atoms with Gasteiger partial charge in [0.25, 0.3) is 5.91 Å². The molecule has 0 radical (unpaired) electrons. The van der Waals surface area contributed by atoms with Crippen molar-refractivity contribution in [3.05, 3.63) is 53.6 Å². The fourth-order valence-corrected chi connectivity index (χ4v) is 1.95. The van der Waals surface area contributed by atoms with E-state index in [-0.39, 0.29) is 18.2 Å². The number of benzene rings is 1. The number of nitrogens with two attached hydrogens (primary N) is 1. The predicted octanol–water partition coefficient (Wildman–Crippen LogP) is 1.55. The van der Waals surface area contributed by atoms with E-state index in [0.29, 0.717) is 16.8 Å². The summed E-state index contributed by atoms with van der Waals surface area (Å²) >= 11 is 0. The zero-order valence-corrected chi connectivity index (χ0v) is 11.0. The molecule has 5 nitrogen and oxygen atoms in total. The van der Waals surface area contributed by atoms with Crippen LogP contribution in [-0.2, 0) is 9.59 Å². The fraction of sp³-hybridized carbons (Fsp3) is 0.133. The summed E-state index contributed by atoms with van der Waals surface area (Å²) in [4.78, 5) is 36.2. The highest BCUT2D eigenvalue weighted by molar-refractivity contribution is 6.28. The van der Waals surface area contributed by atoms with Crippen LogP contribution < -0.4 is 10.6 Å². The number of carbonyl (C=O) groups excluding carboxylic acids is 3. The van der Waals surface area contributed by atoms with Gasteiger partial charge in [-0.2, -0.15) is 0 Å². The zero-order chi connectivity index (χ0) is 14.7. The third-order valence-electron chi connectivity index (χ3n) is 2.97. The fourth-order valence-electron chi connectivity index (χ4n) is 1.95. The highest BCUT2D eigenvalue weighted by Gasteiger charge is 2.34. The second-order valence-electron chi connectivity index (χ2n) is 4.34. The Balaban J connectivity index is 2.31. The van der Waals surface area contributed by atoms with Crippen LogP contribution in [0.2, 0.25) is 0 Å². The van der Waals surface area contributed by atoms with Gasteiger partial charge in [-0.1, -0.05) is 18.2 Å². The van der Waals surface area contributed by atoms with Crippen molar-refractivity contribution in [2.75, 3.05) is 4.90 Å². The molecule has 1 aliphatic heterocycles. The molecular formula is C15H14N2O3. The average Bonchev–Trinajstić information content (AvgIpc) is 2.71. The summed E-state index contributed by atoms with van der Waals surface area (Å²) in [5.74, 6) is -1.17. The summed E-state index contributed by atoms with van der Waals surface area (Å²) in [7, 11) is 0. The third kappa shape index (κ3) is 2.51. The molecule has 0 unspecified atom stereocenters. The van der Waals surface area contributed by atoms with Crippen LogP contribution in [0.3, 0.4) is 0 Å². The van der Waals surface area contributed by atoms with Crippen molar-refractivity contribution in [3.8, 4) is 0 Å². The van der Waals surface area contributed by atoms with E-state index in [0.717, 1.165) is 4.90 Å². The Morgan fingerprint density at radius 2 is 1.90 bits per heavy atom. The molecule has 0 saturated carbocycles. The minimum absolute atomic E-state index is 0.0841. The van der Waals surface area contributed by atoms with Crippen LogP contribution in [0.1, 0.15) is 23.7 Å². The third-order valence-corrected chi connectivity index (χ3v) is 2.97. The van der Waals surface area contributed by atoms with Crippen LogP contribution >= 0.6 is 0 Å². The Morgan fingerprint density at radius 1 is 1.25 bits per heavy atom. The number of primary amides is 1. The van der Waals surface area contributed by atoms with Crippen LogP contribution in [0, 0.1) is 0 Å². The summed E-state index contributed by atoms with van der Waals surface area (Å²) in [5, 5.41) is 0. The first kappa shape index (κ1) is 13.7. The SMILES string of the molecule is CC=CC=C1CC(=O)N(c2ccc(C(N)=O)cc2)C1=O. The molecule has 2 N–H and O–H groups in total. The predicted molar refractivity (Wildman–Crippen MR) is 75.0 cm³/mol. The average molecular weight is 270 g/mol. The summed E-state index contributed by atoms with van der Waals surface area (Å²) in [5.41, 5.74) is 6.37. The van der Waals surface area contributed by atoms with E-state index in [2.05, 4.69) is 0 Å². The van der Waals surface area contributed by atoms with Gasteiger partial charge in [0.2, 0.25) is 11.8 Å². The van der Waals surface area contributed by atoms with Crippen LogP contribution in [0.15, 0.2) is 48.1 Å². The standard InChI is InChI=1S/C15H14N2O3/c1-2-3-4-11-9-13(18)17(15(11)20)12-7-5-10(6-8-12)14(16)19/h2-8H,9H2,1H3,(H2,16,19). The highest BCUT2D eigenvalue weighted by Crippen LogP contribution is 2.26. The smallest absolute Gasteiger partial charge is 0.261 e. The van der Waals surface area contributed by atoms with Crippen molar-refractivity contribution >= 4 is 23.4 Å². The molecule has 102 valence electrons.